The third-order valence-electron chi connectivity index (χ3n) is 3.33. The molecule has 1 aliphatic rings. The SMILES string of the molecule is CN(C)CC1CCCN1C(=S)Nc1ccccc1F. The van der Waals surface area contributed by atoms with Crippen molar-refractivity contribution in [3.63, 3.8) is 0 Å². The molecule has 19 heavy (non-hydrogen) atoms. The molecule has 0 aromatic heterocycles. The maximum absolute atomic E-state index is 13.6. The summed E-state index contributed by atoms with van der Waals surface area (Å²) >= 11 is 5.41. The van der Waals surface area contributed by atoms with Crippen molar-refractivity contribution in [2.45, 2.75) is 18.9 Å². The van der Waals surface area contributed by atoms with Gasteiger partial charge in [-0.15, -0.1) is 0 Å². The van der Waals surface area contributed by atoms with Gasteiger partial charge in [0.05, 0.1) is 5.69 Å². The lowest BCUT2D eigenvalue weighted by Gasteiger charge is -2.29. The van der Waals surface area contributed by atoms with Crippen molar-refractivity contribution in [1.82, 2.24) is 9.80 Å². The van der Waals surface area contributed by atoms with Gasteiger partial charge in [0, 0.05) is 19.1 Å². The Balaban J connectivity index is 2.01. The molecule has 2 rings (SSSR count). The highest BCUT2D eigenvalue weighted by molar-refractivity contribution is 7.80. The van der Waals surface area contributed by atoms with E-state index in [2.05, 4.69) is 29.2 Å². The minimum atomic E-state index is -0.270. The summed E-state index contributed by atoms with van der Waals surface area (Å²) in [6.45, 7) is 1.91. The molecule has 0 aliphatic carbocycles. The van der Waals surface area contributed by atoms with Gasteiger partial charge < -0.3 is 15.1 Å². The Labute approximate surface area is 119 Å². The van der Waals surface area contributed by atoms with Gasteiger partial charge in [-0.1, -0.05) is 12.1 Å². The molecule has 1 atom stereocenters. The van der Waals surface area contributed by atoms with Gasteiger partial charge in [-0.25, -0.2) is 4.39 Å². The van der Waals surface area contributed by atoms with Gasteiger partial charge >= 0.3 is 0 Å². The summed E-state index contributed by atoms with van der Waals surface area (Å²) in [5.74, 6) is -0.270. The van der Waals surface area contributed by atoms with Crippen LogP contribution in [0.25, 0.3) is 0 Å². The van der Waals surface area contributed by atoms with E-state index in [1.54, 1.807) is 18.2 Å². The van der Waals surface area contributed by atoms with Crippen molar-refractivity contribution in [1.29, 1.82) is 0 Å². The molecule has 1 aromatic rings. The number of anilines is 1. The fourth-order valence-electron chi connectivity index (χ4n) is 2.46. The number of para-hydroxylation sites is 1. The molecular weight excluding hydrogens is 261 g/mol. The van der Waals surface area contributed by atoms with Gasteiger partial charge in [-0.05, 0) is 51.3 Å². The number of benzene rings is 1. The van der Waals surface area contributed by atoms with E-state index in [0.29, 0.717) is 16.8 Å². The second kappa shape index (κ2) is 6.30. The Bertz CT molecular complexity index is 450. The molecule has 3 nitrogen and oxygen atoms in total. The highest BCUT2D eigenvalue weighted by Gasteiger charge is 2.27. The Morgan fingerprint density at radius 3 is 2.89 bits per heavy atom. The average molecular weight is 281 g/mol. The van der Waals surface area contributed by atoms with Crippen LogP contribution in [0.2, 0.25) is 0 Å². The highest BCUT2D eigenvalue weighted by Crippen LogP contribution is 2.20. The Hall–Kier alpha value is -1.20. The maximum Gasteiger partial charge on any atom is 0.173 e. The van der Waals surface area contributed by atoms with E-state index in [4.69, 9.17) is 12.2 Å². The van der Waals surface area contributed by atoms with Crippen LogP contribution in [0.5, 0.6) is 0 Å². The molecule has 0 bridgehead atoms. The Kier molecular flexibility index (Phi) is 4.71. The Morgan fingerprint density at radius 1 is 1.47 bits per heavy atom. The number of rotatable bonds is 3. The molecule has 1 aromatic carbocycles. The van der Waals surface area contributed by atoms with E-state index in [0.717, 1.165) is 25.9 Å². The van der Waals surface area contributed by atoms with Crippen molar-refractivity contribution < 1.29 is 4.39 Å². The summed E-state index contributed by atoms with van der Waals surface area (Å²) in [5.41, 5.74) is 0.447. The number of thiocarbonyl (C=S) groups is 1. The number of nitrogens with one attached hydrogen (secondary N) is 1. The first-order valence-electron chi connectivity index (χ1n) is 6.55. The second-order valence-corrected chi connectivity index (χ2v) is 5.55. The quantitative estimate of drug-likeness (QED) is 0.858. The lowest BCUT2D eigenvalue weighted by molar-refractivity contribution is 0.288. The molecule has 1 fully saturated rings. The number of likely N-dealkylation sites (N-methyl/N-ethyl adjacent to an activating group) is 1. The standard InChI is InChI=1S/C14H20FN3S/c1-17(2)10-11-6-5-9-18(11)14(19)16-13-8-4-3-7-12(13)15/h3-4,7-8,11H,5-6,9-10H2,1-2H3,(H,16,19). The molecule has 5 heteroatoms. The smallest absolute Gasteiger partial charge is 0.173 e. The van der Waals surface area contributed by atoms with Crippen LogP contribution in [0, 0.1) is 5.82 Å². The van der Waals surface area contributed by atoms with Gasteiger partial charge in [0.1, 0.15) is 5.82 Å². The normalized spacial score (nSPS) is 18.9. The van der Waals surface area contributed by atoms with E-state index >= 15 is 0 Å². The molecule has 1 N–H and O–H groups in total. The molecule has 0 spiro atoms. The number of hydrogen-bond donors (Lipinski definition) is 1. The first-order chi connectivity index (χ1) is 9.08. The van der Waals surface area contributed by atoms with Crippen LogP contribution in [0.15, 0.2) is 24.3 Å². The number of nitrogens with zero attached hydrogens (tertiary/aromatic N) is 2. The zero-order chi connectivity index (χ0) is 13.8. The topological polar surface area (TPSA) is 18.5 Å². The van der Waals surface area contributed by atoms with Crippen molar-refractivity contribution in [3.05, 3.63) is 30.1 Å². The van der Waals surface area contributed by atoms with Gasteiger partial charge in [-0.2, -0.15) is 0 Å². The van der Waals surface area contributed by atoms with E-state index in [1.807, 2.05) is 0 Å². The molecule has 0 radical (unpaired) electrons. The summed E-state index contributed by atoms with van der Waals surface area (Å²) in [7, 11) is 4.12. The van der Waals surface area contributed by atoms with E-state index in [-0.39, 0.29) is 5.82 Å². The molecule has 104 valence electrons. The predicted molar refractivity (Wildman–Crippen MR) is 80.9 cm³/mol. The lowest BCUT2D eigenvalue weighted by atomic mass is 10.2. The summed E-state index contributed by atoms with van der Waals surface area (Å²) < 4.78 is 13.6. The van der Waals surface area contributed by atoms with Gasteiger partial charge in [0.15, 0.2) is 5.11 Å². The molecule has 0 amide bonds. The molecular formula is C14H20FN3S. The maximum atomic E-state index is 13.6. The summed E-state index contributed by atoms with van der Waals surface area (Å²) in [6.07, 6.45) is 2.27. The summed E-state index contributed by atoms with van der Waals surface area (Å²) in [4.78, 5) is 4.33. The summed E-state index contributed by atoms with van der Waals surface area (Å²) in [6, 6.07) is 7.04. The van der Waals surface area contributed by atoms with Crippen molar-refractivity contribution in [2.75, 3.05) is 32.5 Å². The van der Waals surface area contributed by atoms with Crippen molar-refractivity contribution in [2.24, 2.45) is 0 Å². The molecule has 1 aliphatic heterocycles. The van der Waals surface area contributed by atoms with E-state index in [9.17, 15) is 4.39 Å². The largest absolute Gasteiger partial charge is 0.345 e. The van der Waals surface area contributed by atoms with Crippen LogP contribution in [0.1, 0.15) is 12.8 Å². The van der Waals surface area contributed by atoms with E-state index in [1.165, 1.54) is 6.07 Å². The predicted octanol–water partition coefficient (Wildman–Crippen LogP) is 2.55. The van der Waals surface area contributed by atoms with Gasteiger partial charge in [0.25, 0.3) is 0 Å². The number of hydrogen-bond acceptors (Lipinski definition) is 2. The molecule has 1 heterocycles. The highest BCUT2D eigenvalue weighted by atomic mass is 32.1. The van der Waals surface area contributed by atoms with Crippen molar-refractivity contribution >= 4 is 23.0 Å². The second-order valence-electron chi connectivity index (χ2n) is 5.16. The summed E-state index contributed by atoms with van der Waals surface area (Å²) in [5, 5.41) is 3.64. The minimum absolute atomic E-state index is 0.270. The minimum Gasteiger partial charge on any atom is -0.345 e. The van der Waals surface area contributed by atoms with Crippen LogP contribution >= 0.6 is 12.2 Å². The van der Waals surface area contributed by atoms with Gasteiger partial charge in [-0.3, -0.25) is 0 Å². The van der Waals surface area contributed by atoms with Crippen LogP contribution in [0.3, 0.4) is 0 Å². The lowest BCUT2D eigenvalue weighted by Crippen LogP contribution is -2.43. The third-order valence-corrected chi connectivity index (χ3v) is 3.67. The first kappa shape index (κ1) is 14.2. The van der Waals surface area contributed by atoms with Crippen LogP contribution in [-0.4, -0.2) is 48.1 Å². The van der Waals surface area contributed by atoms with Crippen molar-refractivity contribution in [3.8, 4) is 0 Å². The zero-order valence-electron chi connectivity index (χ0n) is 11.4. The fourth-order valence-corrected chi connectivity index (χ4v) is 2.81. The fraction of sp³-hybridized carbons (Fsp3) is 0.500. The number of likely N-dealkylation sites (tertiary alicyclic amines) is 1. The third kappa shape index (κ3) is 3.64. The average Bonchev–Trinajstić information content (AvgIpc) is 2.79. The monoisotopic (exact) mass is 281 g/mol. The Morgan fingerprint density at radius 2 is 2.21 bits per heavy atom. The number of halogens is 1. The van der Waals surface area contributed by atoms with Crippen LogP contribution < -0.4 is 5.32 Å². The van der Waals surface area contributed by atoms with Crippen LogP contribution in [-0.2, 0) is 0 Å². The van der Waals surface area contributed by atoms with Crippen LogP contribution in [0.4, 0.5) is 10.1 Å². The van der Waals surface area contributed by atoms with Gasteiger partial charge in [0.2, 0.25) is 0 Å². The first-order valence-corrected chi connectivity index (χ1v) is 6.95. The zero-order valence-corrected chi connectivity index (χ0v) is 12.2. The molecule has 0 saturated carbocycles. The van der Waals surface area contributed by atoms with E-state index < -0.39 is 0 Å². The molecule has 1 unspecified atom stereocenters. The molecule has 1 saturated heterocycles.